The lowest BCUT2D eigenvalue weighted by molar-refractivity contribution is -0.114. The van der Waals surface area contributed by atoms with E-state index in [-0.39, 0.29) is 17.1 Å². The molecule has 0 aliphatic carbocycles. The number of nitrogens with zero attached hydrogens (tertiary/aromatic N) is 2. The predicted octanol–water partition coefficient (Wildman–Crippen LogP) is 3.14. The number of hydrogen-bond acceptors (Lipinski definition) is 4. The summed E-state index contributed by atoms with van der Waals surface area (Å²) in [5.41, 5.74) is 8.65. The van der Waals surface area contributed by atoms with Crippen LogP contribution in [0.5, 0.6) is 0 Å². The number of anilines is 1. The average Bonchev–Trinajstić information content (AvgIpc) is 2.62. The first-order valence-corrected chi connectivity index (χ1v) is 7.70. The van der Waals surface area contributed by atoms with E-state index in [0.717, 1.165) is 11.1 Å². The summed E-state index contributed by atoms with van der Waals surface area (Å²) in [6.07, 6.45) is 1.71. The topological polar surface area (TPSA) is 94.0 Å². The molecular formula is C20H16N4O. The summed E-state index contributed by atoms with van der Waals surface area (Å²) in [6, 6.07) is 18.4. The van der Waals surface area contributed by atoms with Crippen LogP contribution >= 0.6 is 0 Å². The summed E-state index contributed by atoms with van der Waals surface area (Å²) < 4.78 is 0. The Labute approximate surface area is 145 Å². The lowest BCUT2D eigenvalue weighted by atomic mass is 9.97. The zero-order valence-corrected chi connectivity index (χ0v) is 13.7. The molecule has 0 atom stereocenters. The van der Waals surface area contributed by atoms with Crippen molar-refractivity contribution in [2.45, 2.75) is 6.92 Å². The Morgan fingerprint density at radius 1 is 1.12 bits per heavy atom. The van der Waals surface area contributed by atoms with Crippen LogP contribution in [0, 0.1) is 23.7 Å². The molecule has 0 radical (unpaired) electrons. The smallest absolute Gasteiger partial charge is 0.276 e. The SMILES string of the molecule is Cc1ccc(N2C(=N)/C(=C\c3ccccc3)C(N)=C(C#N)C2=O)cc1. The molecule has 0 aromatic heterocycles. The van der Waals surface area contributed by atoms with E-state index in [9.17, 15) is 10.1 Å². The Morgan fingerprint density at radius 3 is 2.36 bits per heavy atom. The van der Waals surface area contributed by atoms with Crippen LogP contribution in [0.25, 0.3) is 6.08 Å². The van der Waals surface area contributed by atoms with Crippen LogP contribution in [-0.2, 0) is 4.79 Å². The van der Waals surface area contributed by atoms with E-state index in [0.29, 0.717) is 11.3 Å². The molecule has 2 aromatic rings. The van der Waals surface area contributed by atoms with Crippen molar-refractivity contribution in [2.75, 3.05) is 4.90 Å². The van der Waals surface area contributed by atoms with Gasteiger partial charge in [-0.15, -0.1) is 0 Å². The van der Waals surface area contributed by atoms with Crippen LogP contribution < -0.4 is 10.6 Å². The van der Waals surface area contributed by atoms with E-state index in [4.69, 9.17) is 11.1 Å². The average molecular weight is 328 g/mol. The summed E-state index contributed by atoms with van der Waals surface area (Å²) in [5, 5.41) is 17.9. The summed E-state index contributed by atoms with van der Waals surface area (Å²) in [6.45, 7) is 1.94. The first kappa shape index (κ1) is 16.2. The van der Waals surface area contributed by atoms with Crippen molar-refractivity contribution in [1.29, 1.82) is 10.7 Å². The molecule has 25 heavy (non-hydrogen) atoms. The summed E-state index contributed by atoms with van der Waals surface area (Å²) in [7, 11) is 0. The van der Waals surface area contributed by atoms with E-state index in [1.165, 1.54) is 4.90 Å². The van der Waals surface area contributed by atoms with Crippen molar-refractivity contribution in [3.05, 3.63) is 82.6 Å². The second kappa shape index (κ2) is 6.46. The van der Waals surface area contributed by atoms with Gasteiger partial charge in [0.05, 0.1) is 11.4 Å². The van der Waals surface area contributed by atoms with Gasteiger partial charge in [-0.05, 0) is 30.7 Å². The quantitative estimate of drug-likeness (QED) is 0.886. The number of nitriles is 1. The number of amidine groups is 1. The molecule has 5 nitrogen and oxygen atoms in total. The number of hydrogen-bond donors (Lipinski definition) is 2. The van der Waals surface area contributed by atoms with Crippen molar-refractivity contribution in [1.82, 2.24) is 0 Å². The van der Waals surface area contributed by atoms with Crippen molar-refractivity contribution in [3.63, 3.8) is 0 Å². The van der Waals surface area contributed by atoms with Crippen LogP contribution in [0.15, 0.2) is 71.4 Å². The van der Waals surface area contributed by atoms with E-state index >= 15 is 0 Å². The summed E-state index contributed by atoms with van der Waals surface area (Å²) >= 11 is 0. The Balaban J connectivity index is 2.16. The molecule has 1 aliphatic heterocycles. The van der Waals surface area contributed by atoms with Gasteiger partial charge in [-0.2, -0.15) is 5.26 Å². The molecule has 122 valence electrons. The standard InChI is InChI=1S/C20H16N4O/c1-13-7-9-15(10-8-13)24-19(23)16(11-14-5-3-2-4-6-14)18(22)17(12-21)20(24)25/h2-11,23H,22H2,1H3/b16-11-,23-19?. The van der Waals surface area contributed by atoms with Crippen LogP contribution in [0.2, 0.25) is 0 Å². The van der Waals surface area contributed by atoms with Gasteiger partial charge in [0.2, 0.25) is 0 Å². The Bertz CT molecular complexity index is 947. The van der Waals surface area contributed by atoms with Gasteiger partial charge < -0.3 is 5.73 Å². The molecule has 0 spiro atoms. The highest BCUT2D eigenvalue weighted by Crippen LogP contribution is 2.28. The Morgan fingerprint density at radius 2 is 1.76 bits per heavy atom. The van der Waals surface area contributed by atoms with E-state index in [1.807, 2.05) is 55.5 Å². The summed E-state index contributed by atoms with van der Waals surface area (Å²) in [4.78, 5) is 13.9. The number of aryl methyl sites for hydroxylation is 1. The van der Waals surface area contributed by atoms with Crippen LogP contribution in [0.3, 0.4) is 0 Å². The van der Waals surface area contributed by atoms with Crippen LogP contribution in [0.1, 0.15) is 11.1 Å². The van der Waals surface area contributed by atoms with Crippen molar-refractivity contribution in [2.24, 2.45) is 5.73 Å². The van der Waals surface area contributed by atoms with E-state index < -0.39 is 5.91 Å². The van der Waals surface area contributed by atoms with Gasteiger partial charge >= 0.3 is 0 Å². The number of benzene rings is 2. The molecule has 1 heterocycles. The third-order valence-corrected chi connectivity index (χ3v) is 3.97. The molecule has 1 amide bonds. The molecular weight excluding hydrogens is 312 g/mol. The van der Waals surface area contributed by atoms with Gasteiger partial charge in [-0.25, -0.2) is 0 Å². The predicted molar refractivity (Wildman–Crippen MR) is 97.6 cm³/mol. The number of carbonyl (C=O) groups is 1. The normalized spacial score (nSPS) is 16.3. The second-order valence-corrected chi connectivity index (χ2v) is 5.69. The fraction of sp³-hybridized carbons (Fsp3) is 0.0500. The lowest BCUT2D eigenvalue weighted by Crippen LogP contribution is -2.44. The highest BCUT2D eigenvalue weighted by atomic mass is 16.2. The fourth-order valence-corrected chi connectivity index (χ4v) is 2.62. The fourth-order valence-electron chi connectivity index (χ4n) is 2.62. The number of rotatable bonds is 2. The lowest BCUT2D eigenvalue weighted by Gasteiger charge is -2.29. The van der Waals surface area contributed by atoms with Crippen molar-refractivity contribution < 1.29 is 4.79 Å². The minimum absolute atomic E-state index is 0.0321. The molecule has 2 aromatic carbocycles. The van der Waals surface area contributed by atoms with Gasteiger partial charge in [0.15, 0.2) is 0 Å². The van der Waals surface area contributed by atoms with Gasteiger partial charge in [0.25, 0.3) is 5.91 Å². The monoisotopic (exact) mass is 328 g/mol. The largest absolute Gasteiger partial charge is 0.397 e. The molecule has 0 unspecified atom stereocenters. The molecule has 0 saturated carbocycles. The number of nitrogens with two attached hydrogens (primary N) is 1. The molecule has 1 aliphatic rings. The van der Waals surface area contributed by atoms with E-state index in [1.54, 1.807) is 18.2 Å². The van der Waals surface area contributed by atoms with Gasteiger partial charge in [-0.3, -0.25) is 15.1 Å². The number of nitrogens with one attached hydrogen (secondary N) is 1. The van der Waals surface area contributed by atoms with E-state index in [2.05, 4.69) is 0 Å². The molecule has 5 heteroatoms. The molecule has 0 saturated heterocycles. The zero-order valence-electron chi connectivity index (χ0n) is 13.7. The zero-order chi connectivity index (χ0) is 18.0. The minimum Gasteiger partial charge on any atom is -0.397 e. The van der Waals surface area contributed by atoms with Gasteiger partial charge in [0.1, 0.15) is 17.5 Å². The maximum Gasteiger partial charge on any atom is 0.276 e. The summed E-state index contributed by atoms with van der Waals surface area (Å²) in [5.74, 6) is -0.631. The highest BCUT2D eigenvalue weighted by Gasteiger charge is 2.34. The van der Waals surface area contributed by atoms with Gasteiger partial charge in [-0.1, -0.05) is 48.0 Å². The maximum atomic E-state index is 12.7. The number of carbonyl (C=O) groups excluding carboxylic acids is 1. The Kier molecular flexibility index (Phi) is 4.19. The minimum atomic E-state index is -0.584. The van der Waals surface area contributed by atoms with Crippen LogP contribution in [-0.4, -0.2) is 11.7 Å². The van der Waals surface area contributed by atoms with Crippen molar-refractivity contribution >= 4 is 23.5 Å². The Hall–Kier alpha value is -3.65. The molecule has 0 fully saturated rings. The second-order valence-electron chi connectivity index (χ2n) is 5.69. The third kappa shape index (κ3) is 2.93. The first-order chi connectivity index (χ1) is 12.0. The number of amides is 1. The molecule has 0 bridgehead atoms. The van der Waals surface area contributed by atoms with Crippen LogP contribution in [0.4, 0.5) is 5.69 Å². The van der Waals surface area contributed by atoms with Crippen molar-refractivity contribution in [3.8, 4) is 6.07 Å². The molecule has 3 N–H and O–H groups in total. The van der Waals surface area contributed by atoms with Gasteiger partial charge in [0, 0.05) is 5.57 Å². The molecule has 3 rings (SSSR count). The maximum absolute atomic E-state index is 12.7. The highest BCUT2D eigenvalue weighted by molar-refractivity contribution is 6.33. The third-order valence-electron chi connectivity index (χ3n) is 3.97. The first-order valence-electron chi connectivity index (χ1n) is 7.70.